The van der Waals surface area contributed by atoms with Crippen LogP contribution < -0.4 is 4.74 Å². The Labute approximate surface area is 309 Å². The Kier molecular flexibility index (Phi) is 7.39. The fourth-order valence-electron chi connectivity index (χ4n) is 8.41. The summed E-state index contributed by atoms with van der Waals surface area (Å²) in [6.45, 7) is 19.5. The van der Waals surface area contributed by atoms with Gasteiger partial charge in [0.15, 0.2) is 0 Å². The van der Waals surface area contributed by atoms with Gasteiger partial charge in [0.25, 0.3) is 0 Å². The van der Waals surface area contributed by atoms with Crippen LogP contribution in [0.4, 0.5) is 0 Å². The summed E-state index contributed by atoms with van der Waals surface area (Å²) in [6.07, 6.45) is 2.04. The smallest absolute Gasteiger partial charge is 0.142 e. The highest BCUT2D eigenvalue weighted by molar-refractivity contribution is 6.12. The van der Waals surface area contributed by atoms with Crippen LogP contribution in [-0.2, 0) is 0 Å². The second-order valence-electron chi connectivity index (χ2n) is 14.9. The molecule has 0 saturated heterocycles. The molecular weight excluding hydrogens is 651 g/mol. The lowest BCUT2D eigenvalue weighted by molar-refractivity contribution is 0.482. The summed E-state index contributed by atoms with van der Waals surface area (Å²) in [5.74, 6) is 2.43. The molecule has 0 amide bonds. The van der Waals surface area contributed by atoms with Gasteiger partial charge in [-0.2, -0.15) is 5.10 Å². The van der Waals surface area contributed by atoms with E-state index < -0.39 is 0 Å². The molecule has 9 rings (SSSR count). The van der Waals surface area contributed by atoms with E-state index in [0.29, 0.717) is 0 Å². The molecule has 0 unspecified atom stereocenters. The maximum atomic E-state index is 6.66. The van der Waals surface area contributed by atoms with Gasteiger partial charge in [-0.15, -0.1) is 0 Å². The molecule has 53 heavy (non-hydrogen) atoms. The van der Waals surface area contributed by atoms with Gasteiger partial charge in [-0.05, 0) is 132 Å². The minimum atomic E-state index is 0.760. The number of para-hydroxylation sites is 1. The summed E-state index contributed by atoms with van der Waals surface area (Å²) < 4.78 is 13.5. The molecule has 4 heterocycles. The van der Waals surface area contributed by atoms with Crippen LogP contribution in [-0.4, -0.2) is 23.9 Å². The second kappa shape index (κ2) is 12.0. The monoisotopic (exact) mass is 693 g/mol. The van der Waals surface area contributed by atoms with Gasteiger partial charge in [-0.1, -0.05) is 42.5 Å². The van der Waals surface area contributed by atoms with Crippen molar-refractivity contribution in [2.75, 3.05) is 0 Å². The average Bonchev–Trinajstić information content (AvgIpc) is 3.76. The maximum absolute atomic E-state index is 6.66. The van der Waals surface area contributed by atoms with Gasteiger partial charge in [0.2, 0.25) is 0 Å². The van der Waals surface area contributed by atoms with E-state index in [2.05, 4.69) is 156 Å². The van der Waals surface area contributed by atoms with Crippen LogP contribution in [0.3, 0.4) is 0 Å². The molecule has 0 bridgehead atoms. The van der Waals surface area contributed by atoms with Crippen molar-refractivity contribution in [2.45, 2.75) is 62.3 Å². The van der Waals surface area contributed by atoms with E-state index in [9.17, 15) is 0 Å². The van der Waals surface area contributed by atoms with Gasteiger partial charge in [0.05, 0.1) is 39.1 Å². The molecular formula is C47H43N5O. The minimum absolute atomic E-state index is 0.760. The molecule has 0 N–H and O–H groups in total. The molecule has 5 aromatic carbocycles. The molecule has 0 radical (unpaired) electrons. The first-order valence-electron chi connectivity index (χ1n) is 18.3. The summed E-state index contributed by atoms with van der Waals surface area (Å²) in [4.78, 5) is 5.21. The topological polar surface area (TPSA) is 49.8 Å². The van der Waals surface area contributed by atoms with Crippen molar-refractivity contribution >= 4 is 43.6 Å². The van der Waals surface area contributed by atoms with Crippen molar-refractivity contribution in [3.05, 3.63) is 148 Å². The number of pyridine rings is 1. The van der Waals surface area contributed by atoms with Gasteiger partial charge in [0, 0.05) is 51.1 Å². The number of aryl methyl sites for hydroxylation is 8. The van der Waals surface area contributed by atoms with Gasteiger partial charge in [0.1, 0.15) is 17.3 Å². The summed E-state index contributed by atoms with van der Waals surface area (Å²) in [7, 11) is 0. The number of hydrogen-bond donors (Lipinski definition) is 0. The highest BCUT2D eigenvalue weighted by Gasteiger charge is 2.24. The first-order valence-corrected chi connectivity index (χ1v) is 18.3. The number of benzene rings is 5. The summed E-state index contributed by atoms with van der Waals surface area (Å²) in [5, 5.41) is 9.60. The SMILES string of the molecule is Cc1cc(Oc2ccc3c4ccccc4n(-c4ncc(C)c(-n5c6c(C)c(C)ccc6c6ccc(C)c(C)c65)c4C)c3c2)cc(-n2nc(C)cc2C)c1. The van der Waals surface area contributed by atoms with E-state index in [1.807, 2.05) is 17.8 Å². The number of rotatable bonds is 5. The predicted molar refractivity (Wildman–Crippen MR) is 219 cm³/mol. The van der Waals surface area contributed by atoms with Crippen molar-refractivity contribution in [2.24, 2.45) is 0 Å². The van der Waals surface area contributed by atoms with E-state index in [1.54, 1.807) is 0 Å². The number of ether oxygens (including phenoxy) is 1. The van der Waals surface area contributed by atoms with E-state index in [0.717, 1.165) is 67.5 Å². The fraction of sp³-hybridized carbons (Fsp3) is 0.191. The molecule has 0 spiro atoms. The van der Waals surface area contributed by atoms with Crippen molar-refractivity contribution in [1.82, 2.24) is 23.9 Å². The number of aromatic nitrogens is 5. The average molecular weight is 694 g/mol. The van der Waals surface area contributed by atoms with Gasteiger partial charge in [-0.3, -0.25) is 4.57 Å². The Morgan fingerprint density at radius 3 is 1.87 bits per heavy atom. The predicted octanol–water partition coefficient (Wildman–Crippen LogP) is 12.0. The molecule has 0 aliphatic heterocycles. The third-order valence-corrected chi connectivity index (χ3v) is 11.2. The second-order valence-corrected chi connectivity index (χ2v) is 14.9. The van der Waals surface area contributed by atoms with E-state index in [4.69, 9.17) is 14.8 Å². The largest absolute Gasteiger partial charge is 0.457 e. The zero-order valence-electron chi connectivity index (χ0n) is 31.9. The molecule has 6 nitrogen and oxygen atoms in total. The molecule has 0 atom stereocenters. The number of hydrogen-bond acceptors (Lipinski definition) is 3. The van der Waals surface area contributed by atoms with Gasteiger partial charge < -0.3 is 9.30 Å². The van der Waals surface area contributed by atoms with Crippen LogP contribution in [0, 0.1) is 62.3 Å². The van der Waals surface area contributed by atoms with Crippen molar-refractivity contribution in [1.29, 1.82) is 0 Å². The maximum Gasteiger partial charge on any atom is 0.142 e. The highest BCUT2D eigenvalue weighted by atomic mass is 16.5. The normalized spacial score (nSPS) is 11.9. The van der Waals surface area contributed by atoms with Gasteiger partial charge in [-0.25, -0.2) is 9.67 Å². The Morgan fingerprint density at radius 1 is 0.528 bits per heavy atom. The quantitative estimate of drug-likeness (QED) is 0.180. The minimum Gasteiger partial charge on any atom is -0.457 e. The van der Waals surface area contributed by atoms with E-state index in [-0.39, 0.29) is 0 Å². The van der Waals surface area contributed by atoms with Crippen LogP contribution in [0.25, 0.3) is 60.8 Å². The van der Waals surface area contributed by atoms with Crippen molar-refractivity contribution in [3.63, 3.8) is 0 Å². The molecule has 4 aromatic heterocycles. The molecule has 0 aliphatic rings. The molecule has 6 heteroatoms. The molecule has 0 saturated carbocycles. The zero-order valence-corrected chi connectivity index (χ0v) is 31.9. The van der Waals surface area contributed by atoms with Crippen LogP contribution in [0.15, 0.2) is 97.2 Å². The molecule has 9 aromatic rings. The molecule has 0 fully saturated rings. The first kappa shape index (κ1) is 32.7. The molecule has 262 valence electrons. The Morgan fingerprint density at radius 2 is 1.19 bits per heavy atom. The Balaban J connectivity index is 1.27. The van der Waals surface area contributed by atoms with Crippen LogP contribution >= 0.6 is 0 Å². The van der Waals surface area contributed by atoms with Gasteiger partial charge >= 0.3 is 0 Å². The Bertz CT molecular complexity index is 2910. The lowest BCUT2D eigenvalue weighted by atomic mass is 10.0. The third-order valence-electron chi connectivity index (χ3n) is 11.2. The Hall–Kier alpha value is -6.14. The van der Waals surface area contributed by atoms with Crippen molar-refractivity contribution < 1.29 is 4.74 Å². The van der Waals surface area contributed by atoms with Crippen molar-refractivity contribution in [3.8, 4) is 28.7 Å². The van der Waals surface area contributed by atoms with Crippen LogP contribution in [0.1, 0.15) is 50.3 Å². The van der Waals surface area contributed by atoms with E-state index in [1.165, 1.54) is 55.1 Å². The number of nitrogens with zero attached hydrogens (tertiary/aromatic N) is 5. The van der Waals surface area contributed by atoms with Crippen LogP contribution in [0.5, 0.6) is 11.5 Å². The first-order chi connectivity index (χ1) is 25.5. The number of fused-ring (bicyclic) bond motifs is 6. The van der Waals surface area contributed by atoms with E-state index >= 15 is 0 Å². The fourth-order valence-corrected chi connectivity index (χ4v) is 8.41. The lowest BCUT2D eigenvalue weighted by Crippen LogP contribution is -2.09. The molecule has 0 aliphatic carbocycles. The van der Waals surface area contributed by atoms with Crippen LogP contribution in [0.2, 0.25) is 0 Å². The standard InChI is InChI=1S/C47H43N5O/c1-26-20-35(52-31(6)22-30(5)49-52)23-37(21-26)53-36-16-19-39-38-12-10-11-13-42(38)50(43(39)24-36)47-34(9)44(29(4)25-48-47)51-45-32(7)27(2)14-17-40(45)41-18-15-28(3)33(8)46(41)51/h10-25H,1-9H3. The third kappa shape index (κ3) is 5.00. The summed E-state index contributed by atoms with van der Waals surface area (Å²) in [6, 6.07) is 32.5. The highest BCUT2D eigenvalue weighted by Crippen LogP contribution is 2.41. The lowest BCUT2D eigenvalue weighted by Gasteiger charge is -2.20. The zero-order chi connectivity index (χ0) is 36.9. The summed E-state index contributed by atoms with van der Waals surface area (Å²) in [5.41, 5.74) is 17.4. The summed E-state index contributed by atoms with van der Waals surface area (Å²) >= 11 is 0.